The number of nitrogens with two attached hydrogens (primary N) is 1. The molecule has 1 aliphatic heterocycles. The van der Waals surface area contributed by atoms with Gasteiger partial charge < -0.3 is 11.1 Å². The summed E-state index contributed by atoms with van der Waals surface area (Å²) in [7, 11) is 0. The number of rotatable bonds is 8. The lowest BCUT2D eigenvalue weighted by atomic mass is 9.56. The molecule has 2 heteroatoms. The smallest absolute Gasteiger partial charge is 0.0204 e. The highest BCUT2D eigenvalue weighted by molar-refractivity contribution is 5.38. The first-order valence-corrected chi connectivity index (χ1v) is 17.2. The molecule has 6 atom stereocenters. The standard InChI is InChI=1S/C37H56N2/c38-25-33(13-6-8-27-22-23-39-26-27)29-16-18-30(19-17-29)34-20-21-35(37-15-5-4-14-36(34)37)32-12-7-11-31(24-32)28-9-2-1-3-10-28/h16,18,22-25,27-28,31,34-37,39H,1-15,17,19-21,26,38H2/b33-25+/t27-,31?,34?,35?,36?,37?/m0/s1. The van der Waals surface area contributed by atoms with Gasteiger partial charge >= 0.3 is 0 Å². The molecule has 0 aromatic carbocycles. The van der Waals surface area contributed by atoms with Crippen LogP contribution in [0.4, 0.5) is 0 Å². The van der Waals surface area contributed by atoms with Gasteiger partial charge in [-0.2, -0.15) is 0 Å². The second-order valence-electron chi connectivity index (χ2n) is 14.1. The molecule has 3 saturated carbocycles. The summed E-state index contributed by atoms with van der Waals surface area (Å²) >= 11 is 0. The van der Waals surface area contributed by atoms with Crippen molar-refractivity contribution in [2.45, 2.75) is 122 Å². The Labute approximate surface area is 239 Å². The van der Waals surface area contributed by atoms with Crippen molar-refractivity contribution in [1.82, 2.24) is 5.32 Å². The number of nitrogens with one attached hydrogen (secondary N) is 1. The van der Waals surface area contributed by atoms with Crippen LogP contribution in [-0.4, -0.2) is 6.54 Å². The molecule has 0 radical (unpaired) electrons. The summed E-state index contributed by atoms with van der Waals surface area (Å²) in [6.07, 6.45) is 41.0. The van der Waals surface area contributed by atoms with Crippen LogP contribution in [0.5, 0.6) is 0 Å². The normalized spacial score (nSPS) is 36.0. The third kappa shape index (κ3) is 6.46. The van der Waals surface area contributed by atoms with E-state index in [9.17, 15) is 0 Å². The van der Waals surface area contributed by atoms with Crippen LogP contribution in [0.15, 0.2) is 59.0 Å². The van der Waals surface area contributed by atoms with Gasteiger partial charge in [-0.05, 0) is 155 Å². The molecule has 5 aliphatic carbocycles. The van der Waals surface area contributed by atoms with Gasteiger partial charge in [0.2, 0.25) is 0 Å². The quantitative estimate of drug-likeness (QED) is 0.308. The van der Waals surface area contributed by atoms with Crippen LogP contribution >= 0.6 is 0 Å². The van der Waals surface area contributed by atoms with E-state index in [1.165, 1.54) is 127 Å². The monoisotopic (exact) mass is 528 g/mol. The summed E-state index contributed by atoms with van der Waals surface area (Å²) in [5.74, 6) is 6.27. The van der Waals surface area contributed by atoms with Crippen molar-refractivity contribution in [2.75, 3.05) is 6.54 Å². The highest BCUT2D eigenvalue weighted by atomic mass is 14.9. The number of hydrogen-bond donors (Lipinski definition) is 2. The molecule has 0 amide bonds. The van der Waals surface area contributed by atoms with Crippen LogP contribution in [0.3, 0.4) is 0 Å². The fourth-order valence-electron chi connectivity index (χ4n) is 9.95. The minimum absolute atomic E-state index is 0.706. The average Bonchev–Trinajstić information content (AvgIpc) is 3.53. The Morgan fingerprint density at radius 2 is 1.56 bits per heavy atom. The lowest BCUT2D eigenvalue weighted by molar-refractivity contribution is 0.0774. The summed E-state index contributed by atoms with van der Waals surface area (Å²) in [5.41, 5.74) is 12.8. The summed E-state index contributed by atoms with van der Waals surface area (Å²) in [5, 5.41) is 3.34. The van der Waals surface area contributed by atoms with E-state index in [1.54, 1.807) is 5.57 Å². The second kappa shape index (κ2) is 13.3. The molecule has 39 heavy (non-hydrogen) atoms. The minimum atomic E-state index is 0.706. The van der Waals surface area contributed by atoms with Crippen LogP contribution < -0.4 is 11.1 Å². The van der Waals surface area contributed by atoms with Crippen LogP contribution in [0, 0.1) is 41.4 Å². The Morgan fingerprint density at radius 3 is 2.26 bits per heavy atom. The topological polar surface area (TPSA) is 38.0 Å². The van der Waals surface area contributed by atoms with Crippen molar-refractivity contribution < 1.29 is 0 Å². The molecule has 3 fully saturated rings. The lowest BCUT2D eigenvalue weighted by Crippen LogP contribution is -2.39. The zero-order chi connectivity index (χ0) is 26.4. The SMILES string of the molecule is N/C=C(\CCC[C@H]1C=CNC1)C1=CC=C(C2CCC(C3=CC(C4CCCCC4)CCC3)C3CCCCC23)CC1. The lowest BCUT2D eigenvalue weighted by Gasteiger charge is -2.49. The maximum atomic E-state index is 6.15. The predicted molar refractivity (Wildman–Crippen MR) is 166 cm³/mol. The van der Waals surface area contributed by atoms with Crippen molar-refractivity contribution in [3.63, 3.8) is 0 Å². The molecular formula is C37H56N2. The Kier molecular flexibility index (Phi) is 9.37. The van der Waals surface area contributed by atoms with Gasteiger partial charge in [-0.25, -0.2) is 0 Å². The Balaban J connectivity index is 1.10. The van der Waals surface area contributed by atoms with E-state index in [4.69, 9.17) is 5.73 Å². The molecule has 0 spiro atoms. The zero-order valence-electron chi connectivity index (χ0n) is 24.7. The third-order valence-corrected chi connectivity index (χ3v) is 12.0. The van der Waals surface area contributed by atoms with E-state index < -0.39 is 0 Å². The van der Waals surface area contributed by atoms with Crippen molar-refractivity contribution in [2.24, 2.45) is 47.2 Å². The van der Waals surface area contributed by atoms with Gasteiger partial charge in [0, 0.05) is 6.54 Å². The molecule has 1 heterocycles. The van der Waals surface area contributed by atoms with E-state index in [-0.39, 0.29) is 0 Å². The van der Waals surface area contributed by atoms with E-state index in [2.05, 4.69) is 35.8 Å². The molecule has 0 aromatic heterocycles. The van der Waals surface area contributed by atoms with Crippen molar-refractivity contribution in [3.8, 4) is 0 Å². The molecule has 0 aromatic rings. The minimum Gasteiger partial charge on any atom is -0.404 e. The van der Waals surface area contributed by atoms with Gasteiger partial charge in [0.1, 0.15) is 0 Å². The molecule has 2 nitrogen and oxygen atoms in total. The Hall–Kier alpha value is -1.70. The molecule has 0 bridgehead atoms. The van der Waals surface area contributed by atoms with Gasteiger partial charge in [-0.3, -0.25) is 0 Å². The predicted octanol–water partition coefficient (Wildman–Crippen LogP) is 9.52. The molecule has 3 N–H and O–H groups in total. The van der Waals surface area contributed by atoms with Crippen LogP contribution in [0.25, 0.3) is 0 Å². The third-order valence-electron chi connectivity index (χ3n) is 12.0. The fourth-order valence-corrected chi connectivity index (χ4v) is 9.95. The van der Waals surface area contributed by atoms with Crippen LogP contribution in [0.2, 0.25) is 0 Å². The van der Waals surface area contributed by atoms with Gasteiger partial charge in [0.25, 0.3) is 0 Å². The van der Waals surface area contributed by atoms with Crippen molar-refractivity contribution in [1.29, 1.82) is 0 Å². The molecule has 214 valence electrons. The summed E-state index contributed by atoms with van der Waals surface area (Å²) in [4.78, 5) is 0. The first-order valence-electron chi connectivity index (χ1n) is 17.2. The van der Waals surface area contributed by atoms with Gasteiger partial charge in [-0.15, -0.1) is 0 Å². The first-order chi connectivity index (χ1) is 19.3. The number of hydrogen-bond acceptors (Lipinski definition) is 2. The van der Waals surface area contributed by atoms with Crippen molar-refractivity contribution >= 4 is 0 Å². The number of allylic oxidation sites excluding steroid dienone is 7. The molecule has 0 saturated heterocycles. The van der Waals surface area contributed by atoms with Gasteiger partial charge in [0.15, 0.2) is 0 Å². The van der Waals surface area contributed by atoms with E-state index >= 15 is 0 Å². The maximum absolute atomic E-state index is 6.15. The summed E-state index contributed by atoms with van der Waals surface area (Å²) in [6, 6.07) is 0. The first kappa shape index (κ1) is 27.5. The molecule has 6 rings (SSSR count). The summed E-state index contributed by atoms with van der Waals surface area (Å²) in [6.45, 7) is 1.11. The van der Waals surface area contributed by atoms with E-state index in [1.807, 2.05) is 11.8 Å². The highest BCUT2D eigenvalue weighted by Gasteiger charge is 2.43. The van der Waals surface area contributed by atoms with Crippen molar-refractivity contribution in [3.05, 3.63) is 59.0 Å². The average molecular weight is 529 g/mol. The Morgan fingerprint density at radius 1 is 0.795 bits per heavy atom. The largest absolute Gasteiger partial charge is 0.404 e. The summed E-state index contributed by atoms with van der Waals surface area (Å²) < 4.78 is 0. The Bertz CT molecular complexity index is 973. The van der Waals surface area contributed by atoms with Gasteiger partial charge in [-0.1, -0.05) is 67.6 Å². The molecular weight excluding hydrogens is 472 g/mol. The van der Waals surface area contributed by atoms with E-state index in [0.29, 0.717) is 5.92 Å². The van der Waals surface area contributed by atoms with Gasteiger partial charge in [0.05, 0.1) is 0 Å². The van der Waals surface area contributed by atoms with Crippen LogP contribution in [0.1, 0.15) is 122 Å². The van der Waals surface area contributed by atoms with Crippen LogP contribution in [-0.2, 0) is 0 Å². The molecule has 5 unspecified atom stereocenters. The van der Waals surface area contributed by atoms with E-state index in [0.717, 1.165) is 48.5 Å². The second-order valence-corrected chi connectivity index (χ2v) is 14.1. The zero-order valence-corrected chi connectivity index (χ0v) is 24.7. The maximum Gasteiger partial charge on any atom is 0.0204 e. The number of fused-ring (bicyclic) bond motifs is 1. The fraction of sp³-hybridized carbons (Fsp3) is 0.730. The molecule has 6 aliphatic rings. The highest BCUT2D eigenvalue weighted by Crippen LogP contribution is 2.54.